The summed E-state index contributed by atoms with van der Waals surface area (Å²) in [6, 6.07) is 3.92. The molecule has 0 atom stereocenters. The number of carbonyl (C=O) groups excluding carboxylic acids is 1. The highest BCUT2D eigenvalue weighted by Crippen LogP contribution is 2.27. The highest BCUT2D eigenvalue weighted by molar-refractivity contribution is 5.76. The van der Waals surface area contributed by atoms with E-state index in [2.05, 4.69) is 14.5 Å². The lowest BCUT2D eigenvalue weighted by Gasteiger charge is -2.34. The molecule has 0 saturated carbocycles. The zero-order valence-electron chi connectivity index (χ0n) is 14.7. The maximum absolute atomic E-state index is 12.4. The molecule has 4 heterocycles. The molecule has 1 amide bonds. The van der Waals surface area contributed by atoms with Gasteiger partial charge in [-0.25, -0.2) is 9.97 Å². The third-order valence-electron chi connectivity index (χ3n) is 5.33. The smallest absolute Gasteiger partial charge is 0.223 e. The second-order valence-electron chi connectivity index (χ2n) is 6.94. The summed E-state index contributed by atoms with van der Waals surface area (Å²) in [7, 11) is 2.02. The van der Waals surface area contributed by atoms with Crippen LogP contribution < -0.4 is 4.90 Å². The van der Waals surface area contributed by atoms with Gasteiger partial charge >= 0.3 is 0 Å². The van der Waals surface area contributed by atoms with Gasteiger partial charge in [0.05, 0.1) is 13.2 Å². The van der Waals surface area contributed by atoms with E-state index in [0.717, 1.165) is 56.1 Å². The first-order valence-electron chi connectivity index (χ1n) is 9.10. The minimum Gasteiger partial charge on any atom is -0.378 e. The molecule has 25 heavy (non-hydrogen) atoms. The SMILES string of the molecule is Cn1c(N2CCC(CC(=O)N3CCOCC3)CC2)nc2cccnc21. The summed E-state index contributed by atoms with van der Waals surface area (Å²) in [4.78, 5) is 25.8. The molecule has 2 fully saturated rings. The van der Waals surface area contributed by atoms with Crippen LogP contribution >= 0.6 is 0 Å². The van der Waals surface area contributed by atoms with Crippen LogP contribution in [0, 0.1) is 5.92 Å². The molecule has 0 radical (unpaired) electrons. The fourth-order valence-corrected chi connectivity index (χ4v) is 3.82. The van der Waals surface area contributed by atoms with E-state index in [0.29, 0.717) is 25.6 Å². The molecule has 2 aromatic heterocycles. The Morgan fingerprint density at radius 3 is 2.72 bits per heavy atom. The lowest BCUT2D eigenvalue weighted by Crippen LogP contribution is -2.42. The molecule has 134 valence electrons. The third kappa shape index (κ3) is 3.33. The van der Waals surface area contributed by atoms with E-state index in [1.54, 1.807) is 6.20 Å². The normalized spacial score (nSPS) is 19.6. The van der Waals surface area contributed by atoms with Crippen LogP contribution in [0.4, 0.5) is 5.95 Å². The number of pyridine rings is 1. The molecule has 0 aliphatic carbocycles. The van der Waals surface area contributed by atoms with Gasteiger partial charge in [0.25, 0.3) is 0 Å². The quantitative estimate of drug-likeness (QED) is 0.844. The number of carbonyl (C=O) groups is 1. The number of fused-ring (bicyclic) bond motifs is 1. The van der Waals surface area contributed by atoms with Crippen molar-refractivity contribution in [2.24, 2.45) is 13.0 Å². The molecular formula is C18H25N5O2. The summed E-state index contributed by atoms with van der Waals surface area (Å²) in [5, 5.41) is 0. The topological polar surface area (TPSA) is 63.5 Å². The van der Waals surface area contributed by atoms with Gasteiger partial charge in [-0.15, -0.1) is 0 Å². The average Bonchev–Trinajstić information content (AvgIpc) is 3.00. The summed E-state index contributed by atoms with van der Waals surface area (Å²) in [6.07, 6.45) is 4.54. The number of ether oxygens (including phenoxy) is 1. The largest absolute Gasteiger partial charge is 0.378 e. The summed E-state index contributed by atoms with van der Waals surface area (Å²) in [5.41, 5.74) is 1.85. The number of morpholine rings is 1. The van der Waals surface area contributed by atoms with Crippen molar-refractivity contribution in [1.29, 1.82) is 0 Å². The number of anilines is 1. The Kier molecular flexibility index (Phi) is 4.57. The Hall–Kier alpha value is -2.15. The first kappa shape index (κ1) is 16.3. The van der Waals surface area contributed by atoms with Crippen molar-refractivity contribution in [1.82, 2.24) is 19.4 Å². The van der Waals surface area contributed by atoms with E-state index in [1.165, 1.54) is 0 Å². The van der Waals surface area contributed by atoms with Crippen molar-refractivity contribution < 1.29 is 9.53 Å². The van der Waals surface area contributed by atoms with Crippen molar-refractivity contribution in [2.45, 2.75) is 19.3 Å². The van der Waals surface area contributed by atoms with Gasteiger partial charge in [0.1, 0.15) is 5.52 Å². The van der Waals surface area contributed by atoms with Gasteiger partial charge in [-0.05, 0) is 30.9 Å². The number of rotatable bonds is 3. The molecule has 7 heteroatoms. The molecule has 0 aromatic carbocycles. The van der Waals surface area contributed by atoms with Crippen molar-refractivity contribution in [2.75, 3.05) is 44.3 Å². The minimum absolute atomic E-state index is 0.286. The van der Waals surface area contributed by atoms with Crippen LogP contribution in [-0.4, -0.2) is 64.7 Å². The number of aryl methyl sites for hydroxylation is 1. The van der Waals surface area contributed by atoms with E-state index in [-0.39, 0.29) is 5.91 Å². The highest BCUT2D eigenvalue weighted by Gasteiger charge is 2.26. The predicted octanol–water partition coefficient (Wildman–Crippen LogP) is 1.43. The zero-order valence-corrected chi connectivity index (χ0v) is 14.7. The second-order valence-corrected chi connectivity index (χ2v) is 6.94. The molecule has 2 aliphatic heterocycles. The lowest BCUT2D eigenvalue weighted by molar-refractivity contribution is -0.136. The van der Waals surface area contributed by atoms with E-state index < -0.39 is 0 Å². The van der Waals surface area contributed by atoms with Gasteiger partial charge in [0, 0.05) is 45.8 Å². The van der Waals surface area contributed by atoms with Gasteiger partial charge in [-0.3, -0.25) is 9.36 Å². The summed E-state index contributed by atoms with van der Waals surface area (Å²) in [5.74, 6) is 1.74. The first-order valence-corrected chi connectivity index (χ1v) is 9.10. The van der Waals surface area contributed by atoms with E-state index >= 15 is 0 Å². The molecule has 2 aliphatic rings. The minimum atomic E-state index is 0.286. The van der Waals surface area contributed by atoms with Gasteiger partial charge in [0.15, 0.2) is 5.65 Å². The van der Waals surface area contributed by atoms with E-state index in [1.807, 2.05) is 24.1 Å². The average molecular weight is 343 g/mol. The number of amides is 1. The number of imidazole rings is 1. The number of hydrogen-bond acceptors (Lipinski definition) is 5. The summed E-state index contributed by atoms with van der Waals surface area (Å²) < 4.78 is 7.39. The number of nitrogens with zero attached hydrogens (tertiary/aromatic N) is 5. The van der Waals surface area contributed by atoms with Crippen molar-refractivity contribution >= 4 is 23.0 Å². The molecule has 2 saturated heterocycles. The Bertz CT molecular complexity index is 745. The molecular weight excluding hydrogens is 318 g/mol. The van der Waals surface area contributed by atoms with Gasteiger partial charge in [0.2, 0.25) is 11.9 Å². The molecule has 7 nitrogen and oxygen atoms in total. The monoisotopic (exact) mass is 343 g/mol. The zero-order chi connectivity index (χ0) is 17.2. The number of piperidine rings is 1. The van der Waals surface area contributed by atoms with Crippen LogP contribution in [0.5, 0.6) is 0 Å². The fourth-order valence-electron chi connectivity index (χ4n) is 3.82. The Balaban J connectivity index is 1.36. The number of hydrogen-bond donors (Lipinski definition) is 0. The summed E-state index contributed by atoms with van der Waals surface area (Å²) in [6.45, 7) is 4.71. The van der Waals surface area contributed by atoms with Crippen LogP contribution in [0.15, 0.2) is 18.3 Å². The van der Waals surface area contributed by atoms with Crippen LogP contribution in [0.1, 0.15) is 19.3 Å². The molecule has 0 bridgehead atoms. The Labute approximate surface area is 147 Å². The van der Waals surface area contributed by atoms with Crippen LogP contribution in [-0.2, 0) is 16.6 Å². The number of aromatic nitrogens is 3. The van der Waals surface area contributed by atoms with Gasteiger partial charge in [-0.2, -0.15) is 0 Å². The second kappa shape index (κ2) is 7.00. The third-order valence-corrected chi connectivity index (χ3v) is 5.33. The molecule has 4 rings (SSSR count). The van der Waals surface area contributed by atoms with Crippen LogP contribution in [0.25, 0.3) is 11.2 Å². The van der Waals surface area contributed by atoms with Gasteiger partial charge in [-0.1, -0.05) is 0 Å². The molecule has 2 aromatic rings. The highest BCUT2D eigenvalue weighted by atomic mass is 16.5. The Morgan fingerprint density at radius 1 is 1.24 bits per heavy atom. The van der Waals surface area contributed by atoms with Crippen molar-refractivity contribution in [3.63, 3.8) is 0 Å². The van der Waals surface area contributed by atoms with Gasteiger partial charge < -0.3 is 14.5 Å². The predicted molar refractivity (Wildman–Crippen MR) is 95.5 cm³/mol. The fraction of sp³-hybridized carbons (Fsp3) is 0.611. The molecule has 0 spiro atoms. The standard InChI is InChI=1S/C18H25N5O2/c1-21-17-15(3-2-6-19-17)20-18(21)23-7-4-14(5-8-23)13-16(24)22-9-11-25-12-10-22/h2-3,6,14H,4-5,7-13H2,1H3. The van der Waals surface area contributed by atoms with E-state index in [4.69, 9.17) is 9.72 Å². The van der Waals surface area contributed by atoms with E-state index in [9.17, 15) is 4.79 Å². The molecule has 0 N–H and O–H groups in total. The molecule has 0 unspecified atom stereocenters. The summed E-state index contributed by atoms with van der Waals surface area (Å²) >= 11 is 0. The maximum Gasteiger partial charge on any atom is 0.223 e. The first-order chi connectivity index (χ1) is 12.2. The lowest BCUT2D eigenvalue weighted by atomic mass is 9.93. The van der Waals surface area contributed by atoms with Crippen molar-refractivity contribution in [3.8, 4) is 0 Å². The Morgan fingerprint density at radius 2 is 2.00 bits per heavy atom. The van der Waals surface area contributed by atoms with Crippen LogP contribution in [0.3, 0.4) is 0 Å². The maximum atomic E-state index is 12.4. The van der Waals surface area contributed by atoms with Crippen molar-refractivity contribution in [3.05, 3.63) is 18.3 Å². The van der Waals surface area contributed by atoms with Crippen LogP contribution in [0.2, 0.25) is 0 Å².